The van der Waals surface area contributed by atoms with E-state index < -0.39 is 10.0 Å². The molecule has 0 radical (unpaired) electrons. The summed E-state index contributed by atoms with van der Waals surface area (Å²) in [5.74, 6) is 0. The van der Waals surface area contributed by atoms with Crippen LogP contribution in [0.15, 0.2) is 0 Å². The van der Waals surface area contributed by atoms with Crippen LogP contribution in [0.3, 0.4) is 0 Å². The zero-order valence-electron chi connectivity index (χ0n) is 8.64. The second-order valence-electron chi connectivity index (χ2n) is 2.98. The molecular formula is C9H22O2Si. The molecule has 0 aromatic heterocycles. The molecule has 74 valence electrons. The van der Waals surface area contributed by atoms with E-state index in [1.165, 1.54) is 25.7 Å². The molecule has 0 aliphatic heterocycles. The van der Waals surface area contributed by atoms with Crippen molar-refractivity contribution in [3.63, 3.8) is 0 Å². The molecule has 2 nitrogen and oxygen atoms in total. The molecule has 0 heterocycles. The van der Waals surface area contributed by atoms with Crippen LogP contribution in [0, 0.1) is 0 Å². The van der Waals surface area contributed by atoms with Gasteiger partial charge in [0.2, 0.25) is 0 Å². The molecule has 0 fully saturated rings. The van der Waals surface area contributed by atoms with Crippen molar-refractivity contribution in [2.24, 2.45) is 0 Å². The molecule has 0 aromatic rings. The summed E-state index contributed by atoms with van der Waals surface area (Å²) in [6.07, 6.45) is 5.27. The maximum absolute atomic E-state index is 5.68. The standard InChI is InChI=1S/C9H22O2Si/c1-4-7-9(8-5-2)11-12-10-6-3/h9H,4-8,12H2,1-3H3. The molecule has 0 saturated carbocycles. The van der Waals surface area contributed by atoms with Gasteiger partial charge in [0.25, 0.3) is 0 Å². The van der Waals surface area contributed by atoms with Crippen molar-refractivity contribution in [2.75, 3.05) is 6.61 Å². The first kappa shape index (κ1) is 12.1. The molecule has 0 atom stereocenters. The van der Waals surface area contributed by atoms with Crippen LogP contribution in [0.5, 0.6) is 0 Å². The minimum Gasteiger partial charge on any atom is -0.399 e. The van der Waals surface area contributed by atoms with Crippen LogP contribution in [0.25, 0.3) is 0 Å². The third-order valence-corrected chi connectivity index (χ3v) is 2.99. The van der Waals surface area contributed by atoms with Crippen LogP contribution in [0.1, 0.15) is 46.5 Å². The van der Waals surface area contributed by atoms with Crippen molar-refractivity contribution in [2.45, 2.75) is 52.6 Å². The number of rotatable bonds is 8. The molecule has 0 aliphatic carbocycles. The van der Waals surface area contributed by atoms with Gasteiger partial charge in [0.15, 0.2) is 0 Å². The highest BCUT2D eigenvalue weighted by atomic mass is 28.3. The Labute approximate surface area is 78.7 Å². The zero-order chi connectivity index (χ0) is 9.23. The van der Waals surface area contributed by atoms with E-state index in [-0.39, 0.29) is 0 Å². The normalized spacial score (nSPS) is 12.0. The average molecular weight is 190 g/mol. The Morgan fingerprint density at radius 1 is 1.08 bits per heavy atom. The Hall–Kier alpha value is 0.137. The van der Waals surface area contributed by atoms with Crippen LogP contribution >= 0.6 is 0 Å². The van der Waals surface area contributed by atoms with Gasteiger partial charge in [-0.25, -0.2) is 0 Å². The summed E-state index contributed by atoms with van der Waals surface area (Å²) < 4.78 is 11.0. The van der Waals surface area contributed by atoms with E-state index in [4.69, 9.17) is 8.85 Å². The Morgan fingerprint density at radius 3 is 2.08 bits per heavy atom. The SMILES string of the molecule is CCCC(CCC)O[SiH2]OCC. The van der Waals surface area contributed by atoms with Crippen LogP contribution in [0.4, 0.5) is 0 Å². The lowest BCUT2D eigenvalue weighted by Gasteiger charge is -2.15. The van der Waals surface area contributed by atoms with Gasteiger partial charge in [-0.1, -0.05) is 26.7 Å². The van der Waals surface area contributed by atoms with Crippen LogP contribution in [-0.2, 0) is 8.85 Å². The summed E-state index contributed by atoms with van der Waals surface area (Å²) >= 11 is 0. The topological polar surface area (TPSA) is 18.5 Å². The molecule has 0 amide bonds. The van der Waals surface area contributed by atoms with Crippen molar-refractivity contribution in [3.8, 4) is 0 Å². The van der Waals surface area contributed by atoms with E-state index in [1.807, 2.05) is 6.92 Å². The van der Waals surface area contributed by atoms with Gasteiger partial charge in [-0.3, -0.25) is 0 Å². The lowest BCUT2D eigenvalue weighted by Crippen LogP contribution is -2.17. The van der Waals surface area contributed by atoms with Gasteiger partial charge in [0, 0.05) is 12.7 Å². The van der Waals surface area contributed by atoms with Gasteiger partial charge in [-0.2, -0.15) is 0 Å². The molecule has 0 bridgehead atoms. The molecule has 0 aliphatic rings. The summed E-state index contributed by atoms with van der Waals surface area (Å²) in [5, 5.41) is 0. The fourth-order valence-electron chi connectivity index (χ4n) is 1.18. The molecule has 12 heavy (non-hydrogen) atoms. The minimum atomic E-state index is -0.677. The highest BCUT2D eigenvalue weighted by Crippen LogP contribution is 2.08. The molecule has 0 spiro atoms. The molecular weight excluding hydrogens is 168 g/mol. The van der Waals surface area contributed by atoms with E-state index in [0.717, 1.165) is 6.61 Å². The Kier molecular flexibility index (Phi) is 9.33. The second kappa shape index (κ2) is 9.23. The molecule has 3 heteroatoms. The summed E-state index contributed by atoms with van der Waals surface area (Å²) in [7, 11) is -0.677. The van der Waals surface area contributed by atoms with E-state index in [1.54, 1.807) is 0 Å². The monoisotopic (exact) mass is 190 g/mol. The fraction of sp³-hybridized carbons (Fsp3) is 1.00. The lowest BCUT2D eigenvalue weighted by atomic mass is 10.1. The maximum Gasteiger partial charge on any atom is 0.304 e. The molecule has 0 N–H and O–H groups in total. The first-order valence-corrected chi connectivity index (χ1v) is 6.19. The summed E-state index contributed by atoms with van der Waals surface area (Å²) in [5.41, 5.74) is 0. The quantitative estimate of drug-likeness (QED) is 0.430. The lowest BCUT2D eigenvalue weighted by molar-refractivity contribution is 0.142. The average Bonchev–Trinajstić information content (AvgIpc) is 2.06. The third-order valence-electron chi connectivity index (χ3n) is 1.81. The van der Waals surface area contributed by atoms with Gasteiger partial charge < -0.3 is 8.85 Å². The summed E-state index contributed by atoms with van der Waals surface area (Å²) in [4.78, 5) is 0. The van der Waals surface area contributed by atoms with Crippen LogP contribution in [-0.4, -0.2) is 22.7 Å². The van der Waals surface area contributed by atoms with E-state index >= 15 is 0 Å². The highest BCUT2D eigenvalue weighted by molar-refractivity contribution is 6.18. The molecule has 0 rings (SSSR count). The first-order valence-electron chi connectivity index (χ1n) is 5.04. The Morgan fingerprint density at radius 2 is 1.67 bits per heavy atom. The summed E-state index contributed by atoms with van der Waals surface area (Å²) in [6, 6.07) is 0. The third kappa shape index (κ3) is 6.82. The Bertz CT molecular complexity index is 82.6. The van der Waals surface area contributed by atoms with Crippen molar-refractivity contribution < 1.29 is 8.85 Å². The van der Waals surface area contributed by atoms with Crippen molar-refractivity contribution in [1.82, 2.24) is 0 Å². The maximum atomic E-state index is 5.68. The minimum absolute atomic E-state index is 0.471. The van der Waals surface area contributed by atoms with Crippen molar-refractivity contribution >= 4 is 10.0 Å². The predicted octanol–water partition coefficient (Wildman–Crippen LogP) is 2.01. The molecule has 0 saturated heterocycles. The van der Waals surface area contributed by atoms with Gasteiger partial charge in [-0.15, -0.1) is 0 Å². The first-order chi connectivity index (χ1) is 5.85. The van der Waals surface area contributed by atoms with E-state index in [2.05, 4.69) is 13.8 Å². The smallest absolute Gasteiger partial charge is 0.304 e. The van der Waals surface area contributed by atoms with Crippen molar-refractivity contribution in [3.05, 3.63) is 0 Å². The van der Waals surface area contributed by atoms with Crippen molar-refractivity contribution in [1.29, 1.82) is 0 Å². The van der Waals surface area contributed by atoms with E-state index in [0.29, 0.717) is 6.10 Å². The van der Waals surface area contributed by atoms with Crippen LogP contribution in [0.2, 0.25) is 0 Å². The second-order valence-corrected chi connectivity index (χ2v) is 3.95. The predicted molar refractivity (Wildman–Crippen MR) is 54.9 cm³/mol. The van der Waals surface area contributed by atoms with Gasteiger partial charge in [-0.05, 0) is 19.8 Å². The van der Waals surface area contributed by atoms with Gasteiger partial charge in [0.05, 0.1) is 0 Å². The van der Waals surface area contributed by atoms with Gasteiger partial charge >= 0.3 is 10.0 Å². The Balaban J connectivity index is 3.34. The van der Waals surface area contributed by atoms with E-state index in [9.17, 15) is 0 Å². The molecule has 0 aromatic carbocycles. The zero-order valence-corrected chi connectivity index (χ0v) is 10.1. The fourth-order valence-corrected chi connectivity index (χ4v) is 1.97. The van der Waals surface area contributed by atoms with Crippen LogP contribution < -0.4 is 0 Å². The van der Waals surface area contributed by atoms with Gasteiger partial charge in [0.1, 0.15) is 0 Å². The largest absolute Gasteiger partial charge is 0.399 e. The molecule has 0 unspecified atom stereocenters. The highest BCUT2D eigenvalue weighted by Gasteiger charge is 2.05. The number of hydrogen-bond acceptors (Lipinski definition) is 2. The number of hydrogen-bond donors (Lipinski definition) is 0. The summed E-state index contributed by atoms with van der Waals surface area (Å²) in [6.45, 7) is 7.23.